The molecule has 0 aliphatic carbocycles. The monoisotopic (exact) mass is 373 g/mol. The average molecular weight is 373 g/mol. The summed E-state index contributed by atoms with van der Waals surface area (Å²) in [5, 5.41) is 15.0. The Morgan fingerprint density at radius 1 is 1.15 bits per heavy atom. The molecule has 1 aliphatic heterocycles. The zero-order valence-corrected chi connectivity index (χ0v) is 14.4. The van der Waals surface area contributed by atoms with Gasteiger partial charge in [-0.05, 0) is 40.6 Å². The molecule has 7 nitrogen and oxygen atoms in total. The highest BCUT2D eigenvalue weighted by Gasteiger charge is 2.32. The number of para-hydroxylation sites is 1. The number of tetrazole rings is 1. The minimum Gasteiger partial charge on any atom is -0.497 e. The normalized spacial score (nSPS) is 18.7. The van der Waals surface area contributed by atoms with Gasteiger partial charge in [0.1, 0.15) is 11.5 Å². The van der Waals surface area contributed by atoms with Crippen molar-refractivity contribution in [1.82, 2.24) is 20.2 Å². The van der Waals surface area contributed by atoms with Gasteiger partial charge in [-0.2, -0.15) is 8.78 Å². The molecule has 0 spiro atoms. The first kappa shape index (κ1) is 17.2. The molecule has 1 N–H and O–H groups in total. The minimum atomic E-state index is -2.90. The third kappa shape index (κ3) is 3.40. The highest BCUT2D eigenvalue weighted by atomic mass is 19.3. The van der Waals surface area contributed by atoms with Crippen molar-refractivity contribution in [3.63, 3.8) is 0 Å². The first-order valence-corrected chi connectivity index (χ1v) is 8.38. The number of rotatable bonds is 5. The zero-order valence-electron chi connectivity index (χ0n) is 14.4. The summed E-state index contributed by atoms with van der Waals surface area (Å²) < 4.78 is 37.1. The van der Waals surface area contributed by atoms with E-state index >= 15 is 0 Å². The molecule has 2 atom stereocenters. The van der Waals surface area contributed by atoms with Crippen molar-refractivity contribution >= 4 is 5.95 Å². The van der Waals surface area contributed by atoms with Crippen LogP contribution in [0.15, 0.2) is 48.5 Å². The Morgan fingerprint density at radius 2 is 1.93 bits per heavy atom. The Morgan fingerprint density at radius 3 is 2.67 bits per heavy atom. The number of aromatic nitrogens is 4. The number of nitrogens with one attached hydrogen (secondary N) is 1. The zero-order chi connectivity index (χ0) is 18.8. The lowest BCUT2D eigenvalue weighted by molar-refractivity contribution is -0.0507. The van der Waals surface area contributed by atoms with Crippen molar-refractivity contribution in [3.05, 3.63) is 59.7 Å². The number of halogens is 2. The number of hydrogen-bond donors (Lipinski definition) is 1. The quantitative estimate of drug-likeness (QED) is 0.739. The molecule has 2 aromatic carbocycles. The first-order chi connectivity index (χ1) is 13.2. The molecule has 0 bridgehead atoms. The predicted molar refractivity (Wildman–Crippen MR) is 93.0 cm³/mol. The van der Waals surface area contributed by atoms with Gasteiger partial charge >= 0.3 is 6.61 Å². The number of methoxy groups -OCH3 is 1. The SMILES string of the molecule is COc1ccc([C@@H]2C[C@@H](c3ccccc3OC(F)F)n3nnnc3N2)cc1. The Hall–Kier alpha value is -3.23. The summed E-state index contributed by atoms with van der Waals surface area (Å²) in [6.45, 7) is -2.90. The van der Waals surface area contributed by atoms with Gasteiger partial charge in [0, 0.05) is 5.56 Å². The minimum absolute atomic E-state index is 0.0981. The summed E-state index contributed by atoms with van der Waals surface area (Å²) in [6, 6.07) is 13.9. The van der Waals surface area contributed by atoms with E-state index in [-0.39, 0.29) is 17.8 Å². The van der Waals surface area contributed by atoms with Crippen LogP contribution in [0, 0.1) is 0 Å². The van der Waals surface area contributed by atoms with Crippen LogP contribution in [-0.4, -0.2) is 33.9 Å². The highest BCUT2D eigenvalue weighted by molar-refractivity contribution is 5.43. The second-order valence-electron chi connectivity index (χ2n) is 6.08. The maximum atomic E-state index is 12.8. The van der Waals surface area contributed by atoms with Gasteiger partial charge in [-0.15, -0.1) is 0 Å². The van der Waals surface area contributed by atoms with Crippen LogP contribution in [0.1, 0.15) is 29.6 Å². The van der Waals surface area contributed by atoms with Gasteiger partial charge in [-0.1, -0.05) is 35.4 Å². The van der Waals surface area contributed by atoms with Crippen LogP contribution in [0.3, 0.4) is 0 Å². The molecule has 1 aromatic heterocycles. The van der Waals surface area contributed by atoms with Crippen molar-refractivity contribution in [2.24, 2.45) is 0 Å². The molecule has 9 heteroatoms. The van der Waals surface area contributed by atoms with Crippen LogP contribution in [-0.2, 0) is 0 Å². The summed E-state index contributed by atoms with van der Waals surface area (Å²) in [4.78, 5) is 0. The van der Waals surface area contributed by atoms with Gasteiger partial charge in [0.2, 0.25) is 5.95 Å². The van der Waals surface area contributed by atoms with E-state index in [2.05, 4.69) is 20.8 Å². The first-order valence-electron chi connectivity index (χ1n) is 8.38. The van der Waals surface area contributed by atoms with Crippen molar-refractivity contribution in [2.45, 2.75) is 25.1 Å². The molecule has 2 heterocycles. The topological polar surface area (TPSA) is 74.1 Å². The van der Waals surface area contributed by atoms with Crippen LogP contribution in [0.4, 0.5) is 14.7 Å². The molecule has 4 rings (SSSR count). The summed E-state index contributed by atoms with van der Waals surface area (Å²) in [6.07, 6.45) is 0.563. The van der Waals surface area contributed by atoms with Crippen LogP contribution in [0.2, 0.25) is 0 Å². The predicted octanol–water partition coefficient (Wildman–Crippen LogP) is 3.43. The Balaban J connectivity index is 1.70. The Bertz CT molecular complexity index is 916. The van der Waals surface area contributed by atoms with Crippen molar-refractivity contribution in [1.29, 1.82) is 0 Å². The summed E-state index contributed by atoms with van der Waals surface area (Å²) in [7, 11) is 1.61. The molecule has 0 fully saturated rings. The highest BCUT2D eigenvalue weighted by Crippen LogP contribution is 2.40. The number of benzene rings is 2. The van der Waals surface area contributed by atoms with E-state index in [9.17, 15) is 8.78 Å². The van der Waals surface area contributed by atoms with E-state index in [0.29, 0.717) is 17.9 Å². The van der Waals surface area contributed by atoms with Gasteiger partial charge in [0.15, 0.2) is 0 Å². The number of fused-ring (bicyclic) bond motifs is 1. The van der Waals surface area contributed by atoms with Crippen LogP contribution < -0.4 is 14.8 Å². The van der Waals surface area contributed by atoms with Gasteiger partial charge in [0.25, 0.3) is 0 Å². The van der Waals surface area contributed by atoms with Crippen LogP contribution >= 0.6 is 0 Å². The molecular formula is C18H17F2N5O2. The third-order valence-electron chi connectivity index (χ3n) is 4.56. The van der Waals surface area contributed by atoms with E-state index < -0.39 is 6.61 Å². The van der Waals surface area contributed by atoms with E-state index in [1.165, 1.54) is 6.07 Å². The third-order valence-corrected chi connectivity index (χ3v) is 4.56. The van der Waals surface area contributed by atoms with Gasteiger partial charge in [0.05, 0.1) is 19.2 Å². The van der Waals surface area contributed by atoms with Gasteiger partial charge in [-0.25, -0.2) is 4.68 Å². The Kier molecular flexibility index (Phi) is 4.57. The maximum absolute atomic E-state index is 12.8. The molecule has 27 heavy (non-hydrogen) atoms. The van der Waals surface area contributed by atoms with E-state index in [0.717, 1.165) is 11.3 Å². The maximum Gasteiger partial charge on any atom is 0.387 e. The Labute approximate surface area is 153 Å². The smallest absolute Gasteiger partial charge is 0.387 e. The lowest BCUT2D eigenvalue weighted by Crippen LogP contribution is -2.28. The lowest BCUT2D eigenvalue weighted by atomic mass is 9.93. The number of ether oxygens (including phenoxy) is 2. The fourth-order valence-corrected chi connectivity index (χ4v) is 3.31. The van der Waals surface area contributed by atoms with E-state index in [4.69, 9.17) is 9.47 Å². The number of hydrogen-bond acceptors (Lipinski definition) is 6. The van der Waals surface area contributed by atoms with Gasteiger partial charge < -0.3 is 14.8 Å². The molecular weight excluding hydrogens is 356 g/mol. The second kappa shape index (κ2) is 7.18. The summed E-state index contributed by atoms with van der Waals surface area (Å²) >= 11 is 0. The van der Waals surface area contributed by atoms with Crippen molar-refractivity contribution in [2.75, 3.05) is 12.4 Å². The molecule has 3 aromatic rings. The summed E-state index contributed by atoms with van der Waals surface area (Å²) in [5.74, 6) is 1.35. The van der Waals surface area contributed by atoms with Gasteiger partial charge in [-0.3, -0.25) is 0 Å². The molecule has 0 saturated heterocycles. The summed E-state index contributed by atoms with van der Waals surface area (Å²) in [5.41, 5.74) is 1.62. The number of alkyl halides is 2. The lowest BCUT2D eigenvalue weighted by Gasteiger charge is -2.31. The molecule has 0 amide bonds. The molecule has 1 aliphatic rings. The van der Waals surface area contributed by atoms with E-state index in [1.54, 1.807) is 30.0 Å². The number of nitrogens with zero attached hydrogens (tertiary/aromatic N) is 4. The fourth-order valence-electron chi connectivity index (χ4n) is 3.31. The fraction of sp³-hybridized carbons (Fsp3) is 0.278. The molecule has 0 unspecified atom stereocenters. The average Bonchev–Trinajstić information content (AvgIpc) is 3.16. The second-order valence-corrected chi connectivity index (χ2v) is 6.08. The van der Waals surface area contributed by atoms with Crippen molar-refractivity contribution < 1.29 is 18.3 Å². The van der Waals surface area contributed by atoms with Crippen molar-refractivity contribution in [3.8, 4) is 11.5 Å². The van der Waals surface area contributed by atoms with Crippen LogP contribution in [0.5, 0.6) is 11.5 Å². The van der Waals surface area contributed by atoms with E-state index in [1.807, 2.05) is 24.3 Å². The molecule has 140 valence electrons. The standard InChI is InChI=1S/C18H17F2N5O2/c1-26-12-8-6-11(7-9-12)14-10-15(25-18(21-14)22-23-24-25)13-4-2-3-5-16(13)27-17(19)20/h2-9,14-15,17H,10H2,1H3,(H,21,22,24)/t14-,15-/m0/s1. The van der Waals surface area contributed by atoms with Crippen LogP contribution in [0.25, 0.3) is 0 Å². The number of anilines is 1. The largest absolute Gasteiger partial charge is 0.497 e. The molecule has 0 radical (unpaired) electrons. The molecule has 0 saturated carbocycles.